The Morgan fingerprint density at radius 3 is 1.66 bits per heavy atom. The molecule has 0 saturated heterocycles. The number of benzene rings is 7. The van der Waals surface area contributed by atoms with Crippen LogP contribution in [0, 0.1) is 12.3 Å². The number of nitrogens with zero attached hydrogens (tertiary/aromatic N) is 3. The Hall–Kier alpha value is -6.80. The number of hydrogen-bond donors (Lipinski definition) is 2. The van der Waals surface area contributed by atoms with Gasteiger partial charge in [0, 0.05) is 52.5 Å². The first-order chi connectivity index (χ1) is 27.5. The summed E-state index contributed by atoms with van der Waals surface area (Å²) < 4.78 is 3.65. The molecule has 7 aromatic carbocycles. The summed E-state index contributed by atoms with van der Waals surface area (Å²) in [6.07, 6.45) is 0. The lowest BCUT2D eigenvalue weighted by Gasteiger charge is -2.10. The van der Waals surface area contributed by atoms with Gasteiger partial charge in [0.05, 0.1) is 16.3 Å². The van der Waals surface area contributed by atoms with Gasteiger partial charge in [0.1, 0.15) is 0 Å². The molecule has 3 heterocycles. The number of thiophene rings is 2. The van der Waals surface area contributed by atoms with Gasteiger partial charge in [-0.25, -0.2) is 15.0 Å². The molecule has 0 spiro atoms. The van der Waals surface area contributed by atoms with Crippen LogP contribution in [0.3, 0.4) is 0 Å². The van der Waals surface area contributed by atoms with Gasteiger partial charge in [-0.3, -0.25) is 5.41 Å². The largest absolute Gasteiger partial charge is 0.397 e. The fourth-order valence-corrected chi connectivity index (χ4v) is 9.32. The van der Waals surface area contributed by atoms with Crippen LogP contribution in [-0.2, 0) is 0 Å². The number of nitrogens with two attached hydrogens (primary N) is 1. The van der Waals surface area contributed by atoms with Crippen molar-refractivity contribution in [3.63, 3.8) is 0 Å². The highest BCUT2D eigenvalue weighted by Gasteiger charge is 2.18. The molecular weight excluding hydrogens is 723 g/mol. The van der Waals surface area contributed by atoms with E-state index in [4.69, 9.17) is 26.1 Å². The van der Waals surface area contributed by atoms with E-state index in [-0.39, 0.29) is 0 Å². The van der Waals surface area contributed by atoms with Crippen LogP contribution >= 0.6 is 22.7 Å². The van der Waals surface area contributed by atoms with Gasteiger partial charge in [-0.1, -0.05) is 152 Å². The van der Waals surface area contributed by atoms with Crippen molar-refractivity contribution in [1.82, 2.24) is 15.0 Å². The minimum atomic E-state index is 0.478. The first-order valence-electron chi connectivity index (χ1n) is 18.3. The van der Waals surface area contributed by atoms with Crippen molar-refractivity contribution in [3.8, 4) is 45.3 Å². The fourth-order valence-electron chi connectivity index (χ4n) is 7.02. The molecule has 3 aromatic heterocycles. The number of aryl methyl sites for hydroxylation is 1. The average molecular weight is 758 g/mol. The van der Waals surface area contributed by atoms with E-state index in [2.05, 4.69) is 67.6 Å². The summed E-state index contributed by atoms with van der Waals surface area (Å²) >= 11 is 3.39. The molecule has 10 aromatic rings. The second kappa shape index (κ2) is 15.1. The smallest absolute Gasteiger partial charge is 0.164 e. The average Bonchev–Trinajstić information content (AvgIpc) is 3.83. The number of rotatable bonds is 6. The third-order valence-electron chi connectivity index (χ3n) is 9.79. The summed E-state index contributed by atoms with van der Waals surface area (Å²) in [6.45, 7) is 2.17. The summed E-state index contributed by atoms with van der Waals surface area (Å²) in [4.78, 5) is 15.6. The van der Waals surface area contributed by atoms with Crippen molar-refractivity contribution in [2.24, 2.45) is 0 Å². The Bertz CT molecular complexity index is 2950. The molecule has 0 aliphatic heterocycles. The first-order valence-corrected chi connectivity index (χ1v) is 19.9. The van der Waals surface area contributed by atoms with Crippen LogP contribution in [0.2, 0.25) is 0 Å². The molecule has 0 atom stereocenters. The molecule has 0 aliphatic rings. The van der Waals surface area contributed by atoms with E-state index in [9.17, 15) is 0 Å². The highest BCUT2D eigenvalue weighted by atomic mass is 32.1. The standard InChI is InChI=1S/C28H19N3S.C21H16N2S/c1-18-10-8-16-22-24(18)25-21(15-9-17-23(25)32-22)28-30-26(19-11-4-2-5-12-19)29-27(31-28)20-13-6-3-7-14-20;22-19(21-20(23)17-11-4-5-12-18(17)24-21)16-10-6-9-15(13-16)14-7-2-1-3-8-14/h2-17H,1H3;1-13,22H,23H2. The maximum absolute atomic E-state index is 8.63. The quantitative estimate of drug-likeness (QED) is 0.165. The molecule has 7 heteroatoms. The molecule has 0 aliphatic carbocycles. The van der Waals surface area contributed by atoms with Crippen molar-refractivity contribution < 1.29 is 0 Å². The van der Waals surface area contributed by atoms with E-state index in [1.54, 1.807) is 11.3 Å². The predicted octanol–water partition coefficient (Wildman–Crippen LogP) is 13.1. The van der Waals surface area contributed by atoms with Crippen LogP contribution in [-0.4, -0.2) is 20.7 Å². The molecule has 3 N–H and O–H groups in total. The third-order valence-corrected chi connectivity index (χ3v) is 12.1. The molecular formula is C49H35N5S2. The van der Waals surface area contributed by atoms with Crippen molar-refractivity contribution in [2.45, 2.75) is 6.92 Å². The van der Waals surface area contributed by atoms with Gasteiger partial charge >= 0.3 is 0 Å². The van der Waals surface area contributed by atoms with Gasteiger partial charge in [-0.15, -0.1) is 22.7 Å². The van der Waals surface area contributed by atoms with E-state index in [0.717, 1.165) is 48.3 Å². The van der Waals surface area contributed by atoms with Gasteiger partial charge in [0.2, 0.25) is 0 Å². The van der Waals surface area contributed by atoms with Gasteiger partial charge in [-0.05, 0) is 47.9 Å². The number of anilines is 1. The van der Waals surface area contributed by atoms with Gasteiger partial charge in [0.15, 0.2) is 17.5 Å². The number of nitrogen functional groups attached to an aromatic ring is 1. The Kier molecular flexibility index (Phi) is 9.45. The first kappa shape index (κ1) is 34.9. The second-order valence-corrected chi connectivity index (χ2v) is 15.6. The van der Waals surface area contributed by atoms with Crippen LogP contribution in [0.15, 0.2) is 176 Å². The molecule has 0 amide bonds. The summed E-state index contributed by atoms with van der Waals surface area (Å²) in [5.41, 5.74) is 14.9. The lowest BCUT2D eigenvalue weighted by molar-refractivity contribution is 1.08. The van der Waals surface area contributed by atoms with Crippen LogP contribution in [0.25, 0.3) is 75.5 Å². The van der Waals surface area contributed by atoms with Crippen molar-refractivity contribution in [1.29, 1.82) is 5.41 Å². The fraction of sp³-hybridized carbons (Fsp3) is 0.0204. The maximum atomic E-state index is 8.63. The second-order valence-electron chi connectivity index (χ2n) is 13.4. The van der Waals surface area contributed by atoms with Crippen LogP contribution in [0.1, 0.15) is 16.0 Å². The predicted molar refractivity (Wildman–Crippen MR) is 238 cm³/mol. The highest BCUT2D eigenvalue weighted by molar-refractivity contribution is 7.26. The Balaban J connectivity index is 0.000000153. The Labute approximate surface area is 333 Å². The Morgan fingerprint density at radius 2 is 1.00 bits per heavy atom. The summed E-state index contributed by atoms with van der Waals surface area (Å²) in [5.74, 6) is 2.07. The zero-order chi connectivity index (χ0) is 38.0. The van der Waals surface area contributed by atoms with Crippen molar-refractivity contribution >= 4 is 64.3 Å². The SMILES string of the molecule is Cc1cccc2sc3cccc(-c4nc(-c5ccccc5)nc(-c5ccccc5)n4)c3c12.N=C(c1cccc(-c2ccccc2)c1)c1sc2ccccc2c1N. The number of fused-ring (bicyclic) bond motifs is 4. The van der Waals surface area contributed by atoms with Crippen LogP contribution in [0.4, 0.5) is 5.69 Å². The summed E-state index contributed by atoms with van der Waals surface area (Å²) in [6, 6.07) is 59.5. The van der Waals surface area contributed by atoms with E-state index in [0.29, 0.717) is 28.9 Å². The summed E-state index contributed by atoms with van der Waals surface area (Å²) in [7, 11) is 0. The zero-order valence-electron chi connectivity index (χ0n) is 30.5. The lowest BCUT2D eigenvalue weighted by Crippen LogP contribution is -2.02. The van der Waals surface area contributed by atoms with E-state index >= 15 is 0 Å². The molecule has 10 rings (SSSR count). The molecule has 0 radical (unpaired) electrons. The Morgan fingerprint density at radius 1 is 0.482 bits per heavy atom. The highest BCUT2D eigenvalue weighted by Crippen LogP contribution is 2.41. The van der Waals surface area contributed by atoms with E-state index < -0.39 is 0 Å². The normalized spacial score (nSPS) is 11.1. The number of nitrogens with one attached hydrogen (secondary N) is 1. The summed E-state index contributed by atoms with van der Waals surface area (Å²) in [5, 5.41) is 12.2. The zero-order valence-corrected chi connectivity index (χ0v) is 32.1. The number of hydrogen-bond acceptors (Lipinski definition) is 7. The van der Waals surface area contributed by atoms with Crippen LogP contribution < -0.4 is 5.73 Å². The molecule has 0 unspecified atom stereocenters. The van der Waals surface area contributed by atoms with Gasteiger partial charge in [0.25, 0.3) is 0 Å². The van der Waals surface area contributed by atoms with E-state index in [1.165, 1.54) is 25.7 Å². The van der Waals surface area contributed by atoms with Crippen molar-refractivity contribution in [2.75, 3.05) is 5.73 Å². The minimum Gasteiger partial charge on any atom is -0.397 e. The minimum absolute atomic E-state index is 0.478. The topological polar surface area (TPSA) is 88.5 Å². The van der Waals surface area contributed by atoms with Crippen molar-refractivity contribution in [3.05, 3.63) is 192 Å². The molecule has 0 fully saturated rings. The number of aromatic nitrogens is 3. The molecule has 5 nitrogen and oxygen atoms in total. The molecule has 0 saturated carbocycles. The lowest BCUT2D eigenvalue weighted by atomic mass is 10.00. The third kappa shape index (κ3) is 6.75. The molecule has 268 valence electrons. The van der Waals surface area contributed by atoms with Crippen LogP contribution in [0.5, 0.6) is 0 Å². The maximum Gasteiger partial charge on any atom is 0.164 e. The van der Waals surface area contributed by atoms with Gasteiger partial charge < -0.3 is 5.73 Å². The monoisotopic (exact) mass is 757 g/mol. The van der Waals surface area contributed by atoms with Gasteiger partial charge in [-0.2, -0.15) is 0 Å². The molecule has 56 heavy (non-hydrogen) atoms. The van der Waals surface area contributed by atoms with E-state index in [1.807, 2.05) is 127 Å². The molecule has 0 bridgehead atoms.